The molecule has 1 aromatic carbocycles. The first-order chi connectivity index (χ1) is 9.58. The highest BCUT2D eigenvalue weighted by Gasteiger charge is 2.18. The van der Waals surface area contributed by atoms with E-state index in [9.17, 15) is 9.59 Å². The van der Waals surface area contributed by atoms with Gasteiger partial charge in [-0.1, -0.05) is 13.0 Å². The van der Waals surface area contributed by atoms with Gasteiger partial charge < -0.3 is 14.4 Å². The lowest BCUT2D eigenvalue weighted by Gasteiger charge is -2.15. The molecule has 0 spiro atoms. The molecule has 2 aromatic rings. The van der Waals surface area contributed by atoms with Gasteiger partial charge in [0.2, 0.25) is 0 Å². The highest BCUT2D eigenvalue weighted by atomic mass is 16.5. The summed E-state index contributed by atoms with van der Waals surface area (Å²) in [6.07, 6.45) is 1.14. The third kappa shape index (κ3) is 2.52. The number of hydrogen-bond donors (Lipinski definition) is 1. The van der Waals surface area contributed by atoms with Crippen molar-refractivity contribution >= 4 is 16.7 Å². The van der Waals surface area contributed by atoms with E-state index in [2.05, 4.69) is 0 Å². The Balaban J connectivity index is 2.53. The van der Waals surface area contributed by atoms with Gasteiger partial charge in [0.05, 0.1) is 5.39 Å². The van der Waals surface area contributed by atoms with E-state index in [-0.39, 0.29) is 5.56 Å². The van der Waals surface area contributed by atoms with Crippen LogP contribution in [0.25, 0.3) is 10.8 Å². The summed E-state index contributed by atoms with van der Waals surface area (Å²) in [5, 5.41) is 10.2. The molecule has 1 heterocycles. The smallest absolute Gasteiger partial charge is 0.344 e. The lowest BCUT2D eigenvalue weighted by atomic mass is 10.1. The first-order valence-corrected chi connectivity index (χ1v) is 6.60. The summed E-state index contributed by atoms with van der Waals surface area (Å²) in [7, 11) is 0. The Hall–Kier alpha value is -2.30. The lowest BCUT2D eigenvalue weighted by molar-refractivity contribution is -0.145. The van der Waals surface area contributed by atoms with E-state index in [0.717, 1.165) is 0 Å². The third-order valence-electron chi connectivity index (χ3n) is 3.23. The van der Waals surface area contributed by atoms with Crippen LogP contribution >= 0.6 is 0 Å². The molecule has 106 valence electrons. The molecule has 1 aromatic heterocycles. The maximum atomic E-state index is 12.2. The van der Waals surface area contributed by atoms with Gasteiger partial charge in [-0.05, 0) is 31.5 Å². The van der Waals surface area contributed by atoms with Gasteiger partial charge >= 0.3 is 5.97 Å². The number of nitrogens with zero attached hydrogens (tertiary/aromatic N) is 1. The highest BCUT2D eigenvalue weighted by Crippen LogP contribution is 2.24. The predicted octanol–water partition coefficient (Wildman–Crippen LogP) is 2.26. The van der Waals surface area contributed by atoms with Crippen LogP contribution in [0.3, 0.4) is 0 Å². The molecule has 0 amide bonds. The van der Waals surface area contributed by atoms with E-state index in [1.54, 1.807) is 42.0 Å². The summed E-state index contributed by atoms with van der Waals surface area (Å²) in [6.45, 7) is 4.23. The van der Waals surface area contributed by atoms with Crippen LogP contribution in [0.4, 0.5) is 0 Å². The number of hydrogen-bond acceptors (Lipinski definition) is 3. The molecular formula is C15H17NO4. The van der Waals surface area contributed by atoms with Crippen molar-refractivity contribution < 1.29 is 14.6 Å². The Morgan fingerprint density at radius 1 is 1.30 bits per heavy atom. The second-order valence-corrected chi connectivity index (χ2v) is 4.48. The van der Waals surface area contributed by atoms with E-state index in [0.29, 0.717) is 29.5 Å². The third-order valence-corrected chi connectivity index (χ3v) is 3.23. The Kier molecular flexibility index (Phi) is 4.08. The van der Waals surface area contributed by atoms with Gasteiger partial charge in [0.15, 0.2) is 6.10 Å². The van der Waals surface area contributed by atoms with E-state index >= 15 is 0 Å². The Morgan fingerprint density at radius 3 is 2.65 bits per heavy atom. The maximum Gasteiger partial charge on any atom is 0.344 e. The molecule has 0 fully saturated rings. The van der Waals surface area contributed by atoms with Crippen molar-refractivity contribution in [2.75, 3.05) is 0 Å². The quantitative estimate of drug-likeness (QED) is 0.908. The molecule has 1 unspecified atom stereocenters. The first-order valence-electron chi connectivity index (χ1n) is 6.60. The second kappa shape index (κ2) is 5.77. The number of carboxylic acid groups (broad SMARTS) is 1. The van der Waals surface area contributed by atoms with Gasteiger partial charge in [-0.2, -0.15) is 0 Å². The average molecular weight is 275 g/mol. The van der Waals surface area contributed by atoms with Crippen molar-refractivity contribution in [2.45, 2.75) is 32.9 Å². The number of pyridine rings is 1. The zero-order valence-corrected chi connectivity index (χ0v) is 11.5. The van der Waals surface area contributed by atoms with Crippen molar-refractivity contribution in [3.05, 3.63) is 40.8 Å². The summed E-state index contributed by atoms with van der Waals surface area (Å²) in [4.78, 5) is 23.2. The second-order valence-electron chi connectivity index (χ2n) is 4.48. The standard InChI is InChI=1S/C15H17NO4/c1-3-12(15(18)19)20-13-7-5-6-11-10(13)8-9-16(4-2)14(11)17/h5-9,12H,3-4H2,1-2H3,(H,18,19). The molecule has 0 saturated carbocycles. The fourth-order valence-corrected chi connectivity index (χ4v) is 2.10. The SMILES string of the molecule is CCC(Oc1cccc2c(=O)n(CC)ccc12)C(=O)O. The number of ether oxygens (including phenoxy) is 1. The molecule has 0 aliphatic carbocycles. The minimum Gasteiger partial charge on any atom is -0.479 e. The number of fused-ring (bicyclic) bond motifs is 1. The number of aliphatic carboxylic acids is 1. The normalized spacial score (nSPS) is 12.3. The van der Waals surface area contributed by atoms with Gasteiger partial charge in [0.1, 0.15) is 5.75 Å². The number of rotatable bonds is 5. The topological polar surface area (TPSA) is 68.5 Å². The highest BCUT2D eigenvalue weighted by molar-refractivity contribution is 5.87. The summed E-state index contributed by atoms with van der Waals surface area (Å²) in [5.74, 6) is -0.580. The van der Waals surface area contributed by atoms with E-state index < -0.39 is 12.1 Å². The van der Waals surface area contributed by atoms with Crippen LogP contribution in [-0.4, -0.2) is 21.7 Å². The summed E-state index contributed by atoms with van der Waals surface area (Å²) < 4.78 is 7.12. The van der Waals surface area contributed by atoms with Gasteiger partial charge in [0, 0.05) is 18.1 Å². The van der Waals surface area contributed by atoms with Crippen molar-refractivity contribution in [1.82, 2.24) is 4.57 Å². The fraction of sp³-hybridized carbons (Fsp3) is 0.333. The van der Waals surface area contributed by atoms with Crippen molar-refractivity contribution in [1.29, 1.82) is 0 Å². The molecule has 5 heteroatoms. The van der Waals surface area contributed by atoms with Crippen LogP contribution in [0, 0.1) is 0 Å². The number of carboxylic acids is 1. The molecule has 20 heavy (non-hydrogen) atoms. The molecule has 5 nitrogen and oxygen atoms in total. The number of aryl methyl sites for hydroxylation is 1. The van der Waals surface area contributed by atoms with Gasteiger partial charge in [0.25, 0.3) is 5.56 Å². The van der Waals surface area contributed by atoms with Crippen LogP contribution in [0.15, 0.2) is 35.3 Å². The largest absolute Gasteiger partial charge is 0.479 e. The maximum absolute atomic E-state index is 12.2. The van der Waals surface area contributed by atoms with Crippen molar-refractivity contribution in [2.24, 2.45) is 0 Å². The van der Waals surface area contributed by atoms with Crippen molar-refractivity contribution in [3.8, 4) is 5.75 Å². The summed E-state index contributed by atoms with van der Waals surface area (Å²) >= 11 is 0. The minimum atomic E-state index is -1.01. The van der Waals surface area contributed by atoms with Crippen molar-refractivity contribution in [3.63, 3.8) is 0 Å². The van der Waals surface area contributed by atoms with E-state index in [4.69, 9.17) is 9.84 Å². The van der Waals surface area contributed by atoms with E-state index in [1.165, 1.54) is 0 Å². The summed E-state index contributed by atoms with van der Waals surface area (Å²) in [6, 6.07) is 6.89. The zero-order valence-electron chi connectivity index (χ0n) is 11.5. The fourth-order valence-electron chi connectivity index (χ4n) is 2.10. The van der Waals surface area contributed by atoms with Crippen LogP contribution < -0.4 is 10.3 Å². The lowest BCUT2D eigenvalue weighted by Crippen LogP contribution is -2.26. The Labute approximate surface area is 116 Å². The number of benzene rings is 1. The summed E-state index contributed by atoms with van der Waals surface area (Å²) in [5.41, 5.74) is -0.0983. The zero-order chi connectivity index (χ0) is 14.7. The average Bonchev–Trinajstić information content (AvgIpc) is 2.45. The Morgan fingerprint density at radius 2 is 2.05 bits per heavy atom. The monoisotopic (exact) mass is 275 g/mol. The molecule has 0 aliphatic rings. The molecule has 0 bridgehead atoms. The minimum absolute atomic E-state index is 0.0983. The Bertz CT molecular complexity index is 690. The molecule has 2 rings (SSSR count). The van der Waals surface area contributed by atoms with Gasteiger partial charge in [-0.3, -0.25) is 4.79 Å². The predicted molar refractivity (Wildman–Crippen MR) is 76.2 cm³/mol. The molecule has 0 aliphatic heterocycles. The van der Waals surface area contributed by atoms with Gasteiger partial charge in [-0.15, -0.1) is 0 Å². The number of aromatic nitrogens is 1. The van der Waals surface area contributed by atoms with E-state index in [1.807, 2.05) is 6.92 Å². The van der Waals surface area contributed by atoms with Crippen LogP contribution in [0.5, 0.6) is 5.75 Å². The van der Waals surface area contributed by atoms with Gasteiger partial charge in [-0.25, -0.2) is 4.79 Å². The number of carbonyl (C=O) groups is 1. The molecule has 0 radical (unpaired) electrons. The molecule has 0 saturated heterocycles. The molecule has 1 N–H and O–H groups in total. The van der Waals surface area contributed by atoms with Crippen LogP contribution in [-0.2, 0) is 11.3 Å². The van der Waals surface area contributed by atoms with Crippen LogP contribution in [0.2, 0.25) is 0 Å². The molecule has 1 atom stereocenters. The molecular weight excluding hydrogens is 258 g/mol. The first kappa shape index (κ1) is 14.1. The van der Waals surface area contributed by atoms with Crippen LogP contribution in [0.1, 0.15) is 20.3 Å².